The largest absolute Gasteiger partial charge is 0.493 e. The summed E-state index contributed by atoms with van der Waals surface area (Å²) in [6.45, 7) is 3.91. The number of rotatable bonds is 6. The van der Waals surface area contributed by atoms with Crippen LogP contribution in [0.5, 0.6) is 11.5 Å². The zero-order valence-electron chi connectivity index (χ0n) is 12.7. The number of carbonyl (C=O) groups is 1. The SMILES string of the molecule is COc1ccc(C(O)CN(C)C(=O)C(C)C)cc1OC. The van der Waals surface area contributed by atoms with Gasteiger partial charge in [0.05, 0.1) is 26.9 Å². The standard InChI is InChI=1S/C15H23NO4/c1-10(2)15(18)16(3)9-12(17)11-6-7-13(19-4)14(8-11)20-5/h6-8,10,12,17H,9H2,1-5H3. The van der Waals surface area contributed by atoms with Gasteiger partial charge >= 0.3 is 0 Å². The second-order valence-electron chi connectivity index (χ2n) is 5.00. The third-order valence-electron chi connectivity index (χ3n) is 3.11. The van der Waals surface area contributed by atoms with Crippen LogP contribution in [0.15, 0.2) is 18.2 Å². The van der Waals surface area contributed by atoms with Crippen LogP contribution in [-0.4, -0.2) is 43.7 Å². The molecule has 0 aromatic heterocycles. The summed E-state index contributed by atoms with van der Waals surface area (Å²) in [5.41, 5.74) is 0.686. The van der Waals surface area contributed by atoms with Crippen molar-refractivity contribution in [1.82, 2.24) is 4.90 Å². The Morgan fingerprint density at radius 1 is 1.25 bits per heavy atom. The van der Waals surface area contributed by atoms with Crippen molar-refractivity contribution in [3.8, 4) is 11.5 Å². The number of ether oxygens (including phenoxy) is 2. The van der Waals surface area contributed by atoms with E-state index in [-0.39, 0.29) is 18.4 Å². The molecule has 0 saturated carbocycles. The highest BCUT2D eigenvalue weighted by molar-refractivity contribution is 5.77. The zero-order chi connectivity index (χ0) is 15.3. The summed E-state index contributed by atoms with van der Waals surface area (Å²) in [7, 11) is 4.79. The Morgan fingerprint density at radius 3 is 2.35 bits per heavy atom. The molecule has 1 atom stereocenters. The van der Waals surface area contributed by atoms with Crippen molar-refractivity contribution >= 4 is 5.91 Å². The third kappa shape index (κ3) is 3.87. The fourth-order valence-corrected chi connectivity index (χ4v) is 1.96. The average Bonchev–Trinajstić information content (AvgIpc) is 2.45. The van der Waals surface area contributed by atoms with Crippen LogP contribution in [0.25, 0.3) is 0 Å². The van der Waals surface area contributed by atoms with Gasteiger partial charge in [0.15, 0.2) is 11.5 Å². The third-order valence-corrected chi connectivity index (χ3v) is 3.11. The molecule has 1 unspecified atom stereocenters. The maximum absolute atomic E-state index is 11.8. The molecule has 0 aliphatic rings. The van der Waals surface area contributed by atoms with Crippen molar-refractivity contribution in [2.75, 3.05) is 27.8 Å². The van der Waals surface area contributed by atoms with Gasteiger partial charge in [-0.2, -0.15) is 0 Å². The van der Waals surface area contributed by atoms with E-state index in [0.717, 1.165) is 0 Å². The summed E-state index contributed by atoms with van der Waals surface area (Å²) in [6.07, 6.45) is -0.762. The van der Waals surface area contributed by atoms with Crippen LogP contribution in [0, 0.1) is 5.92 Å². The van der Waals surface area contributed by atoms with E-state index in [4.69, 9.17) is 9.47 Å². The van der Waals surface area contributed by atoms with Crippen LogP contribution in [0.2, 0.25) is 0 Å². The monoisotopic (exact) mass is 281 g/mol. The molecule has 1 aromatic rings. The van der Waals surface area contributed by atoms with Crippen LogP contribution < -0.4 is 9.47 Å². The summed E-state index contributed by atoms with van der Waals surface area (Å²) in [5.74, 6) is 1.08. The molecule has 0 heterocycles. The normalized spacial score (nSPS) is 12.2. The maximum atomic E-state index is 11.8. The molecule has 0 saturated heterocycles. The predicted octanol–water partition coefficient (Wildman–Crippen LogP) is 1.85. The van der Waals surface area contributed by atoms with Gasteiger partial charge in [0.1, 0.15) is 0 Å². The Hall–Kier alpha value is -1.75. The van der Waals surface area contributed by atoms with Gasteiger partial charge in [-0.25, -0.2) is 0 Å². The average molecular weight is 281 g/mol. The molecule has 0 bridgehead atoms. The Bertz CT molecular complexity index is 459. The van der Waals surface area contributed by atoms with Crippen molar-refractivity contribution in [2.45, 2.75) is 20.0 Å². The van der Waals surface area contributed by atoms with Gasteiger partial charge in [-0.15, -0.1) is 0 Å². The number of aliphatic hydroxyl groups is 1. The highest BCUT2D eigenvalue weighted by Crippen LogP contribution is 2.30. The Labute approximate surface area is 120 Å². The van der Waals surface area contributed by atoms with Crippen molar-refractivity contribution in [3.63, 3.8) is 0 Å². The molecule has 5 nitrogen and oxygen atoms in total. The molecular weight excluding hydrogens is 258 g/mol. The van der Waals surface area contributed by atoms with Gasteiger partial charge in [-0.05, 0) is 17.7 Å². The number of amides is 1. The van der Waals surface area contributed by atoms with Crippen LogP contribution in [-0.2, 0) is 4.79 Å². The minimum absolute atomic E-state index is 0.00419. The van der Waals surface area contributed by atoms with Gasteiger partial charge in [0, 0.05) is 13.0 Å². The van der Waals surface area contributed by atoms with E-state index >= 15 is 0 Å². The number of nitrogens with zero attached hydrogens (tertiary/aromatic N) is 1. The number of benzene rings is 1. The second-order valence-corrected chi connectivity index (χ2v) is 5.00. The quantitative estimate of drug-likeness (QED) is 0.864. The summed E-state index contributed by atoms with van der Waals surface area (Å²) >= 11 is 0. The van der Waals surface area contributed by atoms with Crippen LogP contribution in [0.4, 0.5) is 0 Å². The number of carbonyl (C=O) groups excluding carboxylic acids is 1. The number of likely N-dealkylation sites (N-methyl/N-ethyl adjacent to an activating group) is 1. The smallest absolute Gasteiger partial charge is 0.224 e. The number of hydrogen-bond acceptors (Lipinski definition) is 4. The summed E-state index contributed by atoms with van der Waals surface area (Å²) in [6, 6.07) is 5.22. The van der Waals surface area contributed by atoms with E-state index in [1.54, 1.807) is 39.5 Å². The summed E-state index contributed by atoms with van der Waals surface area (Å²) in [5, 5.41) is 10.2. The number of methoxy groups -OCH3 is 2. The molecule has 1 amide bonds. The minimum atomic E-state index is -0.762. The zero-order valence-corrected chi connectivity index (χ0v) is 12.7. The summed E-state index contributed by atoms with van der Waals surface area (Å²) in [4.78, 5) is 13.3. The van der Waals surface area contributed by atoms with Gasteiger partial charge in [-0.1, -0.05) is 19.9 Å². The van der Waals surface area contributed by atoms with Crippen molar-refractivity contribution in [3.05, 3.63) is 23.8 Å². The number of hydrogen-bond donors (Lipinski definition) is 1. The Balaban J connectivity index is 2.82. The van der Waals surface area contributed by atoms with E-state index in [1.807, 2.05) is 13.8 Å². The molecule has 20 heavy (non-hydrogen) atoms. The van der Waals surface area contributed by atoms with Crippen molar-refractivity contribution in [2.24, 2.45) is 5.92 Å². The molecule has 1 rings (SSSR count). The van der Waals surface area contributed by atoms with E-state index in [9.17, 15) is 9.90 Å². The van der Waals surface area contributed by atoms with Crippen LogP contribution >= 0.6 is 0 Å². The molecule has 112 valence electrons. The molecule has 0 fully saturated rings. The lowest BCUT2D eigenvalue weighted by atomic mass is 10.1. The molecule has 1 N–H and O–H groups in total. The lowest BCUT2D eigenvalue weighted by Crippen LogP contribution is -2.34. The highest BCUT2D eigenvalue weighted by atomic mass is 16.5. The summed E-state index contributed by atoms with van der Waals surface area (Å²) < 4.78 is 10.4. The molecular formula is C15H23NO4. The first-order chi connectivity index (χ1) is 9.40. The molecule has 1 aromatic carbocycles. The number of aliphatic hydroxyl groups excluding tert-OH is 1. The van der Waals surface area contributed by atoms with Crippen LogP contribution in [0.3, 0.4) is 0 Å². The first-order valence-electron chi connectivity index (χ1n) is 6.55. The fraction of sp³-hybridized carbons (Fsp3) is 0.533. The first-order valence-corrected chi connectivity index (χ1v) is 6.55. The minimum Gasteiger partial charge on any atom is -0.493 e. The molecule has 0 radical (unpaired) electrons. The van der Waals surface area contributed by atoms with Crippen LogP contribution in [0.1, 0.15) is 25.5 Å². The van der Waals surface area contributed by atoms with E-state index in [0.29, 0.717) is 17.1 Å². The lowest BCUT2D eigenvalue weighted by Gasteiger charge is -2.23. The molecule has 0 spiro atoms. The maximum Gasteiger partial charge on any atom is 0.224 e. The van der Waals surface area contributed by atoms with E-state index in [2.05, 4.69) is 0 Å². The Kier molecular flexibility index (Phi) is 5.82. The van der Waals surface area contributed by atoms with E-state index < -0.39 is 6.10 Å². The van der Waals surface area contributed by atoms with Gasteiger partial charge in [0.2, 0.25) is 5.91 Å². The molecule has 5 heteroatoms. The lowest BCUT2D eigenvalue weighted by molar-refractivity contribution is -0.134. The first kappa shape index (κ1) is 16.3. The predicted molar refractivity (Wildman–Crippen MR) is 77.0 cm³/mol. The van der Waals surface area contributed by atoms with Crippen molar-refractivity contribution < 1.29 is 19.4 Å². The fourth-order valence-electron chi connectivity index (χ4n) is 1.96. The highest BCUT2D eigenvalue weighted by Gasteiger charge is 2.18. The second kappa shape index (κ2) is 7.14. The topological polar surface area (TPSA) is 59.0 Å². The Morgan fingerprint density at radius 2 is 1.85 bits per heavy atom. The molecule has 0 aliphatic carbocycles. The van der Waals surface area contributed by atoms with Crippen molar-refractivity contribution in [1.29, 1.82) is 0 Å². The van der Waals surface area contributed by atoms with Gasteiger partial charge < -0.3 is 19.5 Å². The van der Waals surface area contributed by atoms with Gasteiger partial charge in [-0.3, -0.25) is 4.79 Å². The van der Waals surface area contributed by atoms with E-state index in [1.165, 1.54) is 4.90 Å². The molecule has 0 aliphatic heterocycles. The van der Waals surface area contributed by atoms with Gasteiger partial charge in [0.25, 0.3) is 0 Å².